The van der Waals surface area contributed by atoms with Gasteiger partial charge in [0.2, 0.25) is 0 Å². The van der Waals surface area contributed by atoms with Crippen LogP contribution in [-0.4, -0.2) is 21.7 Å². The van der Waals surface area contributed by atoms with Gasteiger partial charge in [-0.05, 0) is 0 Å². The molecule has 0 spiro atoms. The lowest BCUT2D eigenvalue weighted by Crippen LogP contribution is -2.13. The number of nitrogens with zero attached hydrogens (tertiary/aromatic N) is 2. The fraction of sp³-hybridized carbons (Fsp3) is 0.250. The molecule has 0 atom stereocenters. The Balaban J connectivity index is 3.01. The predicted molar refractivity (Wildman–Crippen MR) is 38.0 cm³/mol. The van der Waals surface area contributed by atoms with Crippen molar-refractivity contribution in [3.05, 3.63) is 5.69 Å². The number of aromatic nitrogens is 2. The molecule has 1 aromatic rings. The van der Waals surface area contributed by atoms with Crippen molar-refractivity contribution in [2.24, 2.45) is 5.73 Å². The lowest BCUT2D eigenvalue weighted by atomic mass is 10.4. The van der Waals surface area contributed by atoms with Crippen LogP contribution in [0.1, 0.15) is 10.5 Å². The number of carbonyl (C=O) groups is 1. The summed E-state index contributed by atoms with van der Waals surface area (Å²) in [6.45, 7) is 0. The second-order valence-electron chi connectivity index (χ2n) is 1.58. The fourth-order valence-corrected chi connectivity index (χ4v) is 1.07. The minimum Gasteiger partial charge on any atom is -0.370 e. The highest BCUT2D eigenvalue weighted by Gasteiger charge is 2.10. The molecule has 1 aromatic heterocycles. The third kappa shape index (κ3) is 1.06. The zero-order valence-electron chi connectivity index (χ0n) is 5.29. The first-order valence-electron chi connectivity index (χ1n) is 2.56. The van der Waals surface area contributed by atoms with E-state index in [1.165, 1.54) is 0 Å². The molecule has 54 valence electrons. The lowest BCUT2D eigenvalue weighted by molar-refractivity contribution is 0.0997. The Bertz CT molecular complexity index is 245. The largest absolute Gasteiger partial charge is 0.370 e. The van der Waals surface area contributed by atoms with E-state index in [4.69, 9.17) is 5.73 Å². The topological polar surface area (TPSA) is 80.9 Å². The first kappa shape index (κ1) is 6.94. The monoisotopic (exact) mass is 158 g/mol. The van der Waals surface area contributed by atoms with E-state index in [0.717, 1.165) is 11.7 Å². The molecule has 0 fully saturated rings. The average Bonchev–Trinajstić information content (AvgIpc) is 2.33. The Morgan fingerprint density at radius 3 is 2.80 bits per heavy atom. The smallest absolute Gasteiger partial charge is 0.272 e. The molecule has 0 bridgehead atoms. The number of carbonyl (C=O) groups excluding carboxylic acids is 1. The van der Waals surface area contributed by atoms with E-state index in [0.29, 0.717) is 5.82 Å². The Hall–Kier alpha value is -1.17. The van der Waals surface area contributed by atoms with Crippen LogP contribution in [0.25, 0.3) is 0 Å². The maximum absolute atomic E-state index is 10.5. The van der Waals surface area contributed by atoms with Gasteiger partial charge >= 0.3 is 0 Å². The first-order chi connectivity index (χ1) is 4.75. The third-order valence-corrected chi connectivity index (χ3v) is 1.49. The van der Waals surface area contributed by atoms with Crippen molar-refractivity contribution >= 4 is 23.5 Å². The fourth-order valence-electron chi connectivity index (χ4n) is 0.514. The summed E-state index contributed by atoms with van der Waals surface area (Å²) in [5, 5.41) is 2.69. The summed E-state index contributed by atoms with van der Waals surface area (Å²) in [5.41, 5.74) is 5.16. The second kappa shape index (κ2) is 2.61. The molecule has 0 aromatic carbocycles. The molecule has 0 saturated carbocycles. The highest BCUT2D eigenvalue weighted by molar-refractivity contribution is 6.99. The molecule has 1 heterocycles. The van der Waals surface area contributed by atoms with Crippen LogP contribution in [-0.2, 0) is 0 Å². The number of primary amides is 1. The quantitative estimate of drug-likeness (QED) is 0.618. The normalized spacial score (nSPS) is 9.30. The second-order valence-corrected chi connectivity index (χ2v) is 2.10. The third-order valence-electron chi connectivity index (χ3n) is 0.959. The highest BCUT2D eigenvalue weighted by atomic mass is 32.1. The van der Waals surface area contributed by atoms with Gasteiger partial charge in [-0.15, -0.1) is 0 Å². The molecular formula is C4H6N4OS. The van der Waals surface area contributed by atoms with E-state index in [-0.39, 0.29) is 5.69 Å². The summed E-state index contributed by atoms with van der Waals surface area (Å²) < 4.78 is 7.45. The van der Waals surface area contributed by atoms with Crippen molar-refractivity contribution in [3.63, 3.8) is 0 Å². The molecule has 6 heteroatoms. The van der Waals surface area contributed by atoms with Crippen LogP contribution >= 0.6 is 11.7 Å². The number of amides is 1. The average molecular weight is 158 g/mol. The van der Waals surface area contributed by atoms with Crippen molar-refractivity contribution < 1.29 is 4.79 Å². The molecule has 0 radical (unpaired) electrons. The van der Waals surface area contributed by atoms with Gasteiger partial charge < -0.3 is 11.1 Å². The van der Waals surface area contributed by atoms with Crippen molar-refractivity contribution in [1.82, 2.24) is 8.75 Å². The van der Waals surface area contributed by atoms with Gasteiger partial charge in [-0.3, -0.25) is 4.79 Å². The van der Waals surface area contributed by atoms with Gasteiger partial charge in [-0.25, -0.2) is 0 Å². The van der Waals surface area contributed by atoms with Gasteiger partial charge in [0.15, 0.2) is 11.5 Å². The predicted octanol–water partition coefficient (Wildman–Crippen LogP) is -0.321. The first-order valence-corrected chi connectivity index (χ1v) is 3.29. The number of hydrogen-bond donors (Lipinski definition) is 2. The highest BCUT2D eigenvalue weighted by Crippen LogP contribution is 2.09. The van der Waals surface area contributed by atoms with E-state index >= 15 is 0 Å². The van der Waals surface area contributed by atoms with Crippen LogP contribution in [0, 0.1) is 0 Å². The van der Waals surface area contributed by atoms with Crippen LogP contribution in [0.2, 0.25) is 0 Å². The van der Waals surface area contributed by atoms with E-state index in [1.54, 1.807) is 7.05 Å². The molecule has 0 aliphatic rings. The Labute approximate surface area is 61.6 Å². The van der Waals surface area contributed by atoms with Crippen molar-refractivity contribution in [3.8, 4) is 0 Å². The van der Waals surface area contributed by atoms with E-state index < -0.39 is 5.91 Å². The van der Waals surface area contributed by atoms with Crippen LogP contribution in [0.4, 0.5) is 5.82 Å². The number of rotatable bonds is 2. The van der Waals surface area contributed by atoms with Gasteiger partial charge in [0.1, 0.15) is 0 Å². The summed E-state index contributed by atoms with van der Waals surface area (Å²) in [4.78, 5) is 10.5. The van der Waals surface area contributed by atoms with E-state index in [2.05, 4.69) is 14.1 Å². The molecule has 0 unspecified atom stereocenters. The molecule has 3 N–H and O–H groups in total. The van der Waals surface area contributed by atoms with Gasteiger partial charge in [-0.1, -0.05) is 0 Å². The van der Waals surface area contributed by atoms with Crippen molar-refractivity contribution in [1.29, 1.82) is 0 Å². The van der Waals surface area contributed by atoms with Crippen molar-refractivity contribution in [2.45, 2.75) is 0 Å². The molecule has 5 nitrogen and oxygen atoms in total. The van der Waals surface area contributed by atoms with Crippen molar-refractivity contribution in [2.75, 3.05) is 12.4 Å². The molecule has 0 saturated heterocycles. The number of nitrogens with one attached hydrogen (secondary N) is 1. The molecule has 1 rings (SSSR count). The maximum atomic E-state index is 10.5. The molecular weight excluding hydrogens is 152 g/mol. The number of nitrogens with two attached hydrogens (primary N) is 1. The zero-order valence-corrected chi connectivity index (χ0v) is 6.10. The molecule has 0 aliphatic carbocycles. The van der Waals surface area contributed by atoms with Gasteiger partial charge in [0.05, 0.1) is 11.7 Å². The number of anilines is 1. The van der Waals surface area contributed by atoms with Gasteiger partial charge in [-0.2, -0.15) is 8.75 Å². The Morgan fingerprint density at radius 2 is 2.40 bits per heavy atom. The van der Waals surface area contributed by atoms with Gasteiger partial charge in [0.25, 0.3) is 5.91 Å². The summed E-state index contributed by atoms with van der Waals surface area (Å²) >= 11 is 0.956. The van der Waals surface area contributed by atoms with Gasteiger partial charge in [0, 0.05) is 7.05 Å². The maximum Gasteiger partial charge on any atom is 0.272 e. The number of hydrogen-bond acceptors (Lipinski definition) is 5. The van der Waals surface area contributed by atoms with E-state index in [1.807, 2.05) is 0 Å². The standard InChI is InChI=1S/C4H6N4OS/c1-6-4-2(3(5)9)7-10-8-4/h1H3,(H2,5,9)(H,6,8). The summed E-state index contributed by atoms with van der Waals surface area (Å²) in [6.07, 6.45) is 0. The Morgan fingerprint density at radius 1 is 1.70 bits per heavy atom. The zero-order chi connectivity index (χ0) is 7.56. The van der Waals surface area contributed by atoms with E-state index in [9.17, 15) is 4.79 Å². The summed E-state index contributed by atoms with van der Waals surface area (Å²) in [7, 11) is 1.66. The van der Waals surface area contributed by atoms with Crippen LogP contribution in [0.5, 0.6) is 0 Å². The molecule has 10 heavy (non-hydrogen) atoms. The van der Waals surface area contributed by atoms with Crippen LogP contribution in [0.3, 0.4) is 0 Å². The summed E-state index contributed by atoms with van der Waals surface area (Å²) in [6, 6.07) is 0. The van der Waals surface area contributed by atoms with Crippen LogP contribution in [0.15, 0.2) is 0 Å². The molecule has 0 aliphatic heterocycles. The lowest BCUT2D eigenvalue weighted by Gasteiger charge is -1.91. The molecule has 1 amide bonds. The minimum atomic E-state index is -0.557. The Kier molecular flexibility index (Phi) is 1.81. The SMILES string of the molecule is CNc1nsnc1C(N)=O. The summed E-state index contributed by atoms with van der Waals surface area (Å²) in [5.74, 6) is -0.115. The van der Waals surface area contributed by atoms with Crippen LogP contribution < -0.4 is 11.1 Å². The minimum absolute atomic E-state index is 0.201.